The Morgan fingerprint density at radius 2 is 2.05 bits per heavy atom. The molecule has 5 heteroatoms. The van der Waals surface area contributed by atoms with E-state index in [1.807, 2.05) is 0 Å². The lowest BCUT2D eigenvalue weighted by atomic mass is 9.63. The molecule has 0 radical (unpaired) electrons. The summed E-state index contributed by atoms with van der Waals surface area (Å²) in [5.41, 5.74) is 0.315. The van der Waals surface area contributed by atoms with Crippen LogP contribution in [0.25, 0.3) is 0 Å². The fourth-order valence-electron chi connectivity index (χ4n) is 3.23. The summed E-state index contributed by atoms with van der Waals surface area (Å²) in [6.45, 7) is 0.601. The third-order valence-corrected chi connectivity index (χ3v) is 4.61. The number of hydrogen-bond donors (Lipinski definition) is 0. The van der Waals surface area contributed by atoms with Gasteiger partial charge in [0.05, 0.1) is 12.0 Å². The minimum Gasteiger partial charge on any atom is -0.372 e. The highest BCUT2D eigenvalue weighted by atomic mass is 19.1. The van der Waals surface area contributed by atoms with Crippen molar-refractivity contribution in [2.45, 2.75) is 30.8 Å². The summed E-state index contributed by atoms with van der Waals surface area (Å²) >= 11 is 0. The molecule has 0 N–H and O–H groups in total. The van der Waals surface area contributed by atoms with Crippen molar-refractivity contribution >= 4 is 5.91 Å². The lowest BCUT2D eigenvalue weighted by Crippen LogP contribution is -2.56. The van der Waals surface area contributed by atoms with Gasteiger partial charge in [-0.25, -0.2) is 8.78 Å². The Kier molecular flexibility index (Phi) is 3.93. The van der Waals surface area contributed by atoms with Crippen molar-refractivity contribution in [3.05, 3.63) is 35.6 Å². The lowest BCUT2D eigenvalue weighted by Gasteiger charge is -2.45. The highest BCUT2D eigenvalue weighted by Crippen LogP contribution is 2.45. The largest absolute Gasteiger partial charge is 0.372 e. The molecule has 1 saturated carbocycles. The van der Waals surface area contributed by atoms with Gasteiger partial charge in [-0.1, -0.05) is 18.6 Å². The molecule has 114 valence electrons. The first-order valence-electron chi connectivity index (χ1n) is 7.39. The number of benzene rings is 1. The molecule has 1 heterocycles. The molecule has 1 aliphatic carbocycles. The average molecular weight is 295 g/mol. The van der Waals surface area contributed by atoms with Gasteiger partial charge in [-0.05, 0) is 30.5 Å². The number of halogens is 2. The maximum absolute atomic E-state index is 13.1. The molecule has 1 aromatic rings. The minimum atomic E-state index is -0.576. The van der Waals surface area contributed by atoms with Gasteiger partial charge in [-0.2, -0.15) is 0 Å². The maximum atomic E-state index is 13.1. The average Bonchev–Trinajstić information content (AvgIpc) is 2.48. The molecule has 0 aromatic heterocycles. The van der Waals surface area contributed by atoms with E-state index in [4.69, 9.17) is 4.74 Å². The number of morpholine rings is 1. The fourth-order valence-corrected chi connectivity index (χ4v) is 3.23. The monoisotopic (exact) mass is 295 g/mol. The van der Waals surface area contributed by atoms with E-state index in [-0.39, 0.29) is 11.7 Å². The van der Waals surface area contributed by atoms with Crippen molar-refractivity contribution in [3.63, 3.8) is 0 Å². The maximum Gasteiger partial charge on any atom is 0.233 e. The van der Waals surface area contributed by atoms with E-state index in [0.29, 0.717) is 19.7 Å². The molecule has 3 rings (SSSR count). The second-order valence-corrected chi connectivity index (χ2v) is 5.84. The van der Waals surface area contributed by atoms with Crippen LogP contribution >= 0.6 is 0 Å². The Bertz CT molecular complexity index is 514. The molecule has 1 unspecified atom stereocenters. The number of ether oxygens (including phenoxy) is 1. The topological polar surface area (TPSA) is 29.5 Å². The summed E-state index contributed by atoms with van der Waals surface area (Å²) in [6.07, 6.45) is 2.01. The van der Waals surface area contributed by atoms with Crippen LogP contribution < -0.4 is 0 Å². The molecular weight excluding hydrogens is 276 g/mol. The van der Waals surface area contributed by atoms with Gasteiger partial charge in [0.15, 0.2) is 0 Å². The van der Waals surface area contributed by atoms with E-state index in [1.165, 1.54) is 12.1 Å². The van der Waals surface area contributed by atoms with Gasteiger partial charge in [0, 0.05) is 13.1 Å². The first-order valence-corrected chi connectivity index (χ1v) is 7.39. The number of carbonyl (C=O) groups excluding carboxylic acids is 1. The van der Waals surface area contributed by atoms with Gasteiger partial charge in [0.1, 0.15) is 18.6 Å². The predicted octanol–water partition coefficient (Wildman–Crippen LogP) is 2.44. The molecule has 1 aliphatic heterocycles. The lowest BCUT2D eigenvalue weighted by molar-refractivity contribution is -0.149. The highest BCUT2D eigenvalue weighted by Gasteiger charge is 2.48. The Balaban J connectivity index is 1.82. The summed E-state index contributed by atoms with van der Waals surface area (Å²) < 4.78 is 31.1. The molecule has 2 fully saturated rings. The molecular formula is C16H19F2NO2. The third kappa shape index (κ3) is 2.55. The zero-order chi connectivity index (χ0) is 14.9. The normalized spacial score (nSPS) is 24.5. The Hall–Kier alpha value is -1.49. The third-order valence-electron chi connectivity index (χ3n) is 4.61. The van der Waals surface area contributed by atoms with Crippen molar-refractivity contribution < 1.29 is 18.3 Å². The van der Waals surface area contributed by atoms with E-state index in [2.05, 4.69) is 0 Å². The fraction of sp³-hybridized carbons (Fsp3) is 0.562. The summed E-state index contributed by atoms with van der Waals surface area (Å²) in [7, 11) is 0. The molecule has 0 spiro atoms. The smallest absolute Gasteiger partial charge is 0.233 e. The van der Waals surface area contributed by atoms with Crippen LogP contribution in [0.1, 0.15) is 24.8 Å². The molecule has 3 nitrogen and oxygen atoms in total. The van der Waals surface area contributed by atoms with E-state index in [9.17, 15) is 13.6 Å². The van der Waals surface area contributed by atoms with Crippen molar-refractivity contribution in [2.75, 3.05) is 26.4 Å². The molecule has 1 saturated heterocycles. The summed E-state index contributed by atoms with van der Waals surface area (Å²) in [5.74, 6) is -0.272. The predicted molar refractivity (Wildman–Crippen MR) is 74.2 cm³/mol. The standard InChI is InChI=1S/C16H19F2NO2/c17-10-14-11-19(8-9-21-14)15(20)16(6-1-7-16)12-2-4-13(18)5-3-12/h2-5,14H,1,6-11H2. The second-order valence-electron chi connectivity index (χ2n) is 5.84. The zero-order valence-electron chi connectivity index (χ0n) is 11.9. The van der Waals surface area contributed by atoms with Crippen molar-refractivity contribution in [2.24, 2.45) is 0 Å². The highest BCUT2D eigenvalue weighted by molar-refractivity contribution is 5.89. The number of amides is 1. The van der Waals surface area contributed by atoms with Gasteiger partial charge >= 0.3 is 0 Å². The summed E-state index contributed by atoms with van der Waals surface area (Å²) in [6, 6.07) is 6.18. The van der Waals surface area contributed by atoms with E-state index in [1.54, 1.807) is 17.0 Å². The van der Waals surface area contributed by atoms with Crippen LogP contribution in [0.15, 0.2) is 24.3 Å². The first kappa shape index (κ1) is 14.4. The van der Waals surface area contributed by atoms with Gasteiger partial charge in [0.2, 0.25) is 5.91 Å². The van der Waals surface area contributed by atoms with Gasteiger partial charge in [0.25, 0.3) is 0 Å². The number of rotatable bonds is 3. The van der Waals surface area contributed by atoms with Crippen LogP contribution in [-0.4, -0.2) is 43.3 Å². The van der Waals surface area contributed by atoms with Gasteiger partial charge < -0.3 is 9.64 Å². The number of alkyl halides is 1. The Labute approximate surface area is 122 Å². The molecule has 1 atom stereocenters. The number of nitrogens with zero attached hydrogens (tertiary/aromatic N) is 1. The molecule has 2 aliphatic rings. The first-order chi connectivity index (χ1) is 10.2. The van der Waals surface area contributed by atoms with Crippen LogP contribution in [0.3, 0.4) is 0 Å². The Morgan fingerprint density at radius 1 is 1.33 bits per heavy atom. The molecule has 1 amide bonds. The quantitative estimate of drug-likeness (QED) is 0.857. The van der Waals surface area contributed by atoms with Crippen molar-refractivity contribution in [1.82, 2.24) is 4.90 Å². The number of hydrogen-bond acceptors (Lipinski definition) is 2. The van der Waals surface area contributed by atoms with Crippen molar-refractivity contribution in [1.29, 1.82) is 0 Å². The number of carbonyl (C=O) groups is 1. The van der Waals surface area contributed by atoms with Crippen LogP contribution in [-0.2, 0) is 14.9 Å². The molecule has 0 bridgehead atoms. The molecule has 21 heavy (non-hydrogen) atoms. The van der Waals surface area contributed by atoms with Crippen molar-refractivity contribution in [3.8, 4) is 0 Å². The zero-order valence-corrected chi connectivity index (χ0v) is 11.9. The van der Waals surface area contributed by atoms with Crippen LogP contribution in [0.5, 0.6) is 0 Å². The van der Waals surface area contributed by atoms with E-state index >= 15 is 0 Å². The summed E-state index contributed by atoms with van der Waals surface area (Å²) in [4.78, 5) is 14.6. The summed E-state index contributed by atoms with van der Waals surface area (Å²) in [5, 5.41) is 0. The second kappa shape index (κ2) is 5.72. The van der Waals surface area contributed by atoms with Crippen LogP contribution in [0, 0.1) is 5.82 Å². The van der Waals surface area contributed by atoms with Crippen LogP contribution in [0.2, 0.25) is 0 Å². The van der Waals surface area contributed by atoms with Gasteiger partial charge in [-0.3, -0.25) is 4.79 Å². The van der Waals surface area contributed by atoms with Crippen LogP contribution in [0.4, 0.5) is 8.78 Å². The van der Waals surface area contributed by atoms with Gasteiger partial charge in [-0.15, -0.1) is 0 Å². The Morgan fingerprint density at radius 3 is 2.62 bits per heavy atom. The van der Waals surface area contributed by atoms with E-state index in [0.717, 1.165) is 24.8 Å². The minimum absolute atomic E-state index is 0.0297. The SMILES string of the molecule is O=C(N1CCOC(CF)C1)C1(c2ccc(F)cc2)CCC1. The van der Waals surface area contributed by atoms with E-state index < -0.39 is 18.2 Å². The molecule has 1 aromatic carbocycles.